The van der Waals surface area contributed by atoms with Crippen molar-refractivity contribution >= 4 is 11.9 Å². The van der Waals surface area contributed by atoms with Crippen molar-refractivity contribution in [2.24, 2.45) is 0 Å². The smallest absolute Gasteiger partial charge is 0.306 e. The zero-order chi connectivity index (χ0) is 51.0. The highest BCUT2D eigenvalue weighted by Gasteiger charge is 2.47. The Morgan fingerprint density at radius 2 is 0.900 bits per heavy atom. The summed E-state index contributed by atoms with van der Waals surface area (Å²) in [6.45, 7) is 2.42. The number of esters is 2. The summed E-state index contributed by atoms with van der Waals surface area (Å²) in [4.78, 5) is 25.8. The van der Waals surface area contributed by atoms with Crippen LogP contribution in [0.4, 0.5) is 0 Å². The molecule has 2 aliphatic rings. The highest BCUT2D eigenvalue weighted by atomic mass is 16.7. The van der Waals surface area contributed by atoms with Crippen LogP contribution < -0.4 is 0 Å². The second-order valence-electron chi connectivity index (χ2n) is 18.3. The van der Waals surface area contributed by atoms with E-state index in [1.54, 1.807) is 0 Å². The van der Waals surface area contributed by atoms with Crippen molar-refractivity contribution in [3.8, 4) is 0 Å². The van der Waals surface area contributed by atoms with Crippen molar-refractivity contribution in [3.05, 3.63) is 72.9 Å². The molecular formula is C55H92O15. The van der Waals surface area contributed by atoms with Gasteiger partial charge in [-0.1, -0.05) is 145 Å². The normalized spacial score (nSPS) is 26.0. The van der Waals surface area contributed by atoms with Crippen molar-refractivity contribution < 1.29 is 73.8 Å². The topological polar surface area (TPSA) is 231 Å². The molecule has 70 heavy (non-hydrogen) atoms. The molecule has 2 rings (SSSR count). The third-order valence-electron chi connectivity index (χ3n) is 12.2. The van der Waals surface area contributed by atoms with Gasteiger partial charge in [-0.05, 0) is 83.5 Å². The molecule has 2 heterocycles. The number of unbranched alkanes of at least 4 members (excludes halogenated alkanes) is 14. The van der Waals surface area contributed by atoms with Gasteiger partial charge in [0.1, 0.15) is 55.4 Å². The Labute approximate surface area is 419 Å². The zero-order valence-corrected chi connectivity index (χ0v) is 42.5. The Bertz CT molecular complexity index is 1490. The minimum Gasteiger partial charge on any atom is -0.462 e. The van der Waals surface area contributed by atoms with Gasteiger partial charge in [0.2, 0.25) is 0 Å². The number of ether oxygens (including phenoxy) is 6. The van der Waals surface area contributed by atoms with Crippen LogP contribution in [-0.2, 0) is 38.0 Å². The van der Waals surface area contributed by atoms with Gasteiger partial charge in [-0.3, -0.25) is 9.59 Å². The molecule has 4 unspecified atom stereocenters. The largest absolute Gasteiger partial charge is 0.462 e. The van der Waals surface area contributed by atoms with Crippen molar-refractivity contribution in [1.29, 1.82) is 0 Å². The van der Waals surface area contributed by atoms with Crippen LogP contribution in [0.2, 0.25) is 0 Å². The summed E-state index contributed by atoms with van der Waals surface area (Å²) in [5.41, 5.74) is 0. The minimum absolute atomic E-state index is 0.144. The number of carbonyl (C=O) groups excluding carboxylic acids is 2. The van der Waals surface area contributed by atoms with Gasteiger partial charge in [0.25, 0.3) is 0 Å². The van der Waals surface area contributed by atoms with Crippen molar-refractivity contribution in [2.45, 2.75) is 235 Å². The zero-order valence-electron chi connectivity index (χ0n) is 42.5. The van der Waals surface area contributed by atoms with E-state index < -0.39 is 99.3 Å². The monoisotopic (exact) mass is 993 g/mol. The summed E-state index contributed by atoms with van der Waals surface area (Å²) in [7, 11) is 0. The van der Waals surface area contributed by atoms with Crippen molar-refractivity contribution in [3.63, 3.8) is 0 Å². The molecule has 7 N–H and O–H groups in total. The van der Waals surface area contributed by atoms with E-state index in [9.17, 15) is 45.3 Å². The van der Waals surface area contributed by atoms with Crippen molar-refractivity contribution in [2.75, 3.05) is 26.4 Å². The lowest BCUT2D eigenvalue weighted by Crippen LogP contribution is -2.61. The molecule has 15 nitrogen and oxygen atoms in total. The fraction of sp³-hybridized carbons (Fsp3) is 0.745. The summed E-state index contributed by atoms with van der Waals surface area (Å²) < 4.78 is 33.6. The highest BCUT2D eigenvalue weighted by Crippen LogP contribution is 2.26. The molecule has 2 fully saturated rings. The Morgan fingerprint density at radius 3 is 1.44 bits per heavy atom. The maximum absolute atomic E-state index is 13.0. The summed E-state index contributed by atoms with van der Waals surface area (Å²) in [6, 6.07) is 0. The molecule has 2 saturated heterocycles. The second-order valence-corrected chi connectivity index (χ2v) is 18.3. The molecule has 0 radical (unpaired) electrons. The second kappa shape index (κ2) is 41.4. The summed E-state index contributed by atoms with van der Waals surface area (Å²) in [6.07, 6.45) is 32.1. The number of hydrogen-bond acceptors (Lipinski definition) is 15. The first-order valence-electron chi connectivity index (χ1n) is 26.5. The number of aliphatic hydroxyl groups is 7. The quantitative estimate of drug-likeness (QED) is 0.0176. The van der Waals surface area contributed by atoms with Crippen LogP contribution in [0.5, 0.6) is 0 Å². The standard InChI is InChI=1S/C55H92O15/c1-3-5-7-9-11-13-15-17-19-20-21-22-24-25-27-29-31-33-35-37-46(57)65-40-43(68-47(58)38-36-34-32-30-28-26-23-18-16-14-12-10-8-6-4-2)41-66-54-53(64)51(62)49(60)45(70-54)42-67-55-52(63)50(61)48(59)44(39-56)69-55/h5,7,11,13,17-19,21-23,25,27,43-45,48-56,59-64H,3-4,6,8-10,12,14-16,20,24,26,28-42H2,1-2H3/b7-5+,13-11+,19-17+,22-21+,23-18+,27-25+/t43-,44+,45+,48-,49-,50?,51?,52?,53?,54+,55+/m0/s1. The predicted octanol–water partition coefficient (Wildman–Crippen LogP) is 7.82. The van der Waals surface area contributed by atoms with Crippen LogP contribution in [0.25, 0.3) is 0 Å². The molecule has 0 aliphatic carbocycles. The van der Waals surface area contributed by atoms with E-state index in [1.165, 1.54) is 38.5 Å². The van der Waals surface area contributed by atoms with Gasteiger partial charge in [-0.2, -0.15) is 0 Å². The summed E-state index contributed by atoms with van der Waals surface area (Å²) >= 11 is 0. The lowest BCUT2D eigenvalue weighted by atomic mass is 9.98. The Hall–Kier alpha value is -3.06. The highest BCUT2D eigenvalue weighted by molar-refractivity contribution is 5.70. The first-order valence-corrected chi connectivity index (χ1v) is 26.5. The lowest BCUT2D eigenvalue weighted by molar-refractivity contribution is -0.332. The van der Waals surface area contributed by atoms with Crippen LogP contribution in [0.3, 0.4) is 0 Å². The third kappa shape index (κ3) is 28.8. The van der Waals surface area contributed by atoms with Crippen LogP contribution in [0, 0.1) is 0 Å². The summed E-state index contributed by atoms with van der Waals surface area (Å²) in [5, 5.41) is 72.1. The predicted molar refractivity (Wildman–Crippen MR) is 270 cm³/mol. The van der Waals surface area contributed by atoms with E-state index in [-0.39, 0.29) is 19.4 Å². The number of carbonyl (C=O) groups is 2. The van der Waals surface area contributed by atoms with Crippen LogP contribution in [0.15, 0.2) is 72.9 Å². The van der Waals surface area contributed by atoms with Crippen LogP contribution >= 0.6 is 0 Å². The van der Waals surface area contributed by atoms with E-state index >= 15 is 0 Å². The first kappa shape index (κ1) is 63.1. The van der Waals surface area contributed by atoms with E-state index in [2.05, 4.69) is 86.8 Å². The van der Waals surface area contributed by atoms with Crippen LogP contribution in [0.1, 0.15) is 168 Å². The SMILES string of the molecule is CC/C=C/C/C=C/C/C=C/C/C=C/C/C=C/CCCCCC(=O)OC[C@@H](CO[C@@H]1O[C@H](CO[C@@H]2O[C@H](CO)[C@H](O)C(O)C2O)[C@H](O)C(O)C1O)OC(=O)CCCCCCC/C=C/CCCCCCCC. The van der Waals surface area contributed by atoms with E-state index in [1.807, 2.05) is 0 Å². The number of aliphatic hydroxyl groups excluding tert-OH is 7. The molecule has 0 aromatic carbocycles. The Balaban J connectivity index is 1.82. The molecule has 0 spiro atoms. The maximum atomic E-state index is 13.0. The fourth-order valence-electron chi connectivity index (χ4n) is 7.82. The molecule has 0 aromatic heterocycles. The molecule has 2 aliphatic heterocycles. The average molecular weight is 993 g/mol. The average Bonchev–Trinajstić information content (AvgIpc) is 3.35. The van der Waals surface area contributed by atoms with Gasteiger partial charge in [0, 0.05) is 12.8 Å². The molecule has 11 atom stereocenters. The van der Waals surface area contributed by atoms with Gasteiger partial charge < -0.3 is 64.2 Å². The third-order valence-corrected chi connectivity index (χ3v) is 12.2. The lowest BCUT2D eigenvalue weighted by Gasteiger charge is -2.42. The van der Waals surface area contributed by atoms with E-state index in [0.717, 1.165) is 89.9 Å². The number of allylic oxidation sites excluding steroid dienone is 12. The Kier molecular flexibility index (Phi) is 37.3. The first-order chi connectivity index (χ1) is 34.0. The summed E-state index contributed by atoms with van der Waals surface area (Å²) in [5.74, 6) is -0.977. The molecule has 0 saturated carbocycles. The number of hydrogen-bond donors (Lipinski definition) is 7. The van der Waals surface area contributed by atoms with Gasteiger partial charge in [-0.25, -0.2) is 0 Å². The van der Waals surface area contributed by atoms with E-state index in [4.69, 9.17) is 28.4 Å². The van der Waals surface area contributed by atoms with Crippen LogP contribution in [-0.4, -0.2) is 142 Å². The minimum atomic E-state index is -1.77. The fourth-order valence-corrected chi connectivity index (χ4v) is 7.82. The maximum Gasteiger partial charge on any atom is 0.306 e. The molecule has 402 valence electrons. The van der Waals surface area contributed by atoms with Crippen molar-refractivity contribution in [1.82, 2.24) is 0 Å². The number of rotatable bonds is 40. The Morgan fingerprint density at radius 1 is 0.471 bits per heavy atom. The molecule has 0 amide bonds. The molecule has 0 bridgehead atoms. The van der Waals surface area contributed by atoms with Gasteiger partial charge in [0.05, 0.1) is 19.8 Å². The van der Waals surface area contributed by atoms with Gasteiger partial charge >= 0.3 is 11.9 Å². The molecule has 0 aromatic rings. The van der Waals surface area contributed by atoms with Gasteiger partial charge in [0.15, 0.2) is 18.7 Å². The van der Waals surface area contributed by atoms with Gasteiger partial charge in [-0.15, -0.1) is 0 Å². The molecule has 15 heteroatoms. The van der Waals surface area contributed by atoms with E-state index in [0.29, 0.717) is 12.8 Å². The molecular weight excluding hydrogens is 901 g/mol.